The normalized spacial score (nSPS) is 29.4. The average Bonchev–Trinajstić information content (AvgIpc) is 2.84. The summed E-state index contributed by atoms with van der Waals surface area (Å²) in [5.41, 5.74) is 0.955. The fraction of sp³-hybridized carbons (Fsp3) is 0.556. The van der Waals surface area contributed by atoms with Crippen LogP contribution in [0.3, 0.4) is 0 Å². The van der Waals surface area contributed by atoms with Gasteiger partial charge in [0.05, 0.1) is 12.1 Å². The molecule has 124 valence electrons. The second-order valence-corrected chi connectivity index (χ2v) is 6.39. The summed E-state index contributed by atoms with van der Waals surface area (Å²) in [4.78, 5) is 26.3. The van der Waals surface area contributed by atoms with Crippen LogP contribution in [0.4, 0.5) is 4.79 Å². The largest absolute Gasteiger partial charge is 0.445 e. The number of ether oxygens (including phenoxy) is 2. The van der Waals surface area contributed by atoms with Gasteiger partial charge in [-0.2, -0.15) is 0 Å². The molecular formula is C18H23NO4. The van der Waals surface area contributed by atoms with E-state index in [0.29, 0.717) is 6.42 Å². The Kier molecular flexibility index (Phi) is 4.66. The van der Waals surface area contributed by atoms with E-state index in [4.69, 9.17) is 9.47 Å². The van der Waals surface area contributed by atoms with E-state index in [2.05, 4.69) is 0 Å². The summed E-state index contributed by atoms with van der Waals surface area (Å²) in [6.07, 6.45) is 2.01. The standard InChI is InChI=1S/C18H23NO4/c1-12(20)14-10-16-17(22-2)9-8-15(14)19(16)18(21)23-11-13-6-4-3-5-7-13/h3-7,14-17H,8-11H2,1-2H3/t14?,15-,16?,17?/m0/s1. The van der Waals surface area contributed by atoms with Crippen LogP contribution in [0, 0.1) is 5.92 Å². The number of methoxy groups -OCH3 is 1. The molecule has 2 aliphatic rings. The van der Waals surface area contributed by atoms with Gasteiger partial charge in [0.25, 0.3) is 0 Å². The van der Waals surface area contributed by atoms with Crippen LogP contribution in [0.2, 0.25) is 0 Å². The molecule has 2 bridgehead atoms. The zero-order valence-corrected chi connectivity index (χ0v) is 13.6. The number of rotatable bonds is 4. The number of fused-ring (bicyclic) bond motifs is 2. The molecule has 23 heavy (non-hydrogen) atoms. The van der Waals surface area contributed by atoms with Gasteiger partial charge in [-0.3, -0.25) is 9.69 Å². The van der Waals surface area contributed by atoms with Crippen LogP contribution in [0.25, 0.3) is 0 Å². The number of ketones is 1. The monoisotopic (exact) mass is 317 g/mol. The van der Waals surface area contributed by atoms with Crippen molar-refractivity contribution < 1.29 is 19.1 Å². The van der Waals surface area contributed by atoms with Gasteiger partial charge in [0, 0.05) is 19.1 Å². The summed E-state index contributed by atoms with van der Waals surface area (Å²) < 4.78 is 11.0. The number of nitrogens with zero attached hydrogens (tertiary/aromatic N) is 1. The SMILES string of the molecule is COC1CC[C@H]2C(C(C)=O)CC1N2C(=O)OCc1ccccc1. The summed E-state index contributed by atoms with van der Waals surface area (Å²) in [7, 11) is 1.67. The second-order valence-electron chi connectivity index (χ2n) is 6.39. The highest BCUT2D eigenvalue weighted by Gasteiger charge is 2.52. The van der Waals surface area contributed by atoms with E-state index in [1.165, 1.54) is 0 Å². The number of benzene rings is 1. The molecule has 1 amide bonds. The summed E-state index contributed by atoms with van der Waals surface area (Å²) >= 11 is 0. The van der Waals surface area contributed by atoms with Crippen molar-refractivity contribution in [1.82, 2.24) is 4.90 Å². The fourth-order valence-corrected chi connectivity index (χ4v) is 3.95. The first-order valence-electron chi connectivity index (χ1n) is 8.14. The van der Waals surface area contributed by atoms with Gasteiger partial charge in [-0.05, 0) is 31.7 Å². The number of carbonyl (C=O) groups excluding carboxylic acids is 2. The zero-order chi connectivity index (χ0) is 16.4. The van der Waals surface area contributed by atoms with Gasteiger partial charge in [-0.1, -0.05) is 30.3 Å². The molecule has 2 aliphatic heterocycles. The van der Waals surface area contributed by atoms with Gasteiger partial charge in [-0.15, -0.1) is 0 Å². The molecule has 0 saturated carbocycles. The summed E-state index contributed by atoms with van der Waals surface area (Å²) in [6, 6.07) is 9.50. The van der Waals surface area contributed by atoms with Crippen molar-refractivity contribution in [2.75, 3.05) is 7.11 Å². The van der Waals surface area contributed by atoms with Gasteiger partial charge in [-0.25, -0.2) is 4.79 Å². The predicted octanol–water partition coefficient (Wildman–Crippen LogP) is 2.78. The van der Waals surface area contributed by atoms with Gasteiger partial charge in [0.2, 0.25) is 0 Å². The number of Topliss-reactive ketones (excluding diaryl/α,β-unsaturated/α-hetero) is 1. The minimum Gasteiger partial charge on any atom is -0.445 e. The van der Waals surface area contributed by atoms with Crippen molar-refractivity contribution in [3.63, 3.8) is 0 Å². The molecule has 1 aromatic rings. The van der Waals surface area contributed by atoms with E-state index in [0.717, 1.165) is 18.4 Å². The summed E-state index contributed by atoms with van der Waals surface area (Å²) in [6.45, 7) is 1.86. The van der Waals surface area contributed by atoms with Gasteiger partial charge in [0.15, 0.2) is 0 Å². The molecule has 0 aliphatic carbocycles. The molecular weight excluding hydrogens is 294 g/mol. The van der Waals surface area contributed by atoms with E-state index in [9.17, 15) is 9.59 Å². The summed E-state index contributed by atoms with van der Waals surface area (Å²) in [5, 5.41) is 0. The Hall–Kier alpha value is -1.88. The maximum atomic E-state index is 12.6. The number of hydrogen-bond acceptors (Lipinski definition) is 4. The Morgan fingerprint density at radius 1 is 1.17 bits per heavy atom. The lowest BCUT2D eigenvalue weighted by Gasteiger charge is -2.38. The molecule has 1 aromatic carbocycles. The molecule has 2 saturated heterocycles. The number of piperidine rings is 1. The molecule has 2 fully saturated rings. The number of amides is 1. The van der Waals surface area contributed by atoms with Crippen molar-refractivity contribution in [3.8, 4) is 0 Å². The average molecular weight is 317 g/mol. The van der Waals surface area contributed by atoms with Crippen molar-refractivity contribution in [2.24, 2.45) is 5.92 Å². The Labute approximate surface area is 136 Å². The maximum Gasteiger partial charge on any atom is 0.410 e. The third-order valence-electron chi connectivity index (χ3n) is 5.09. The lowest BCUT2D eigenvalue weighted by molar-refractivity contribution is -0.121. The topological polar surface area (TPSA) is 55.8 Å². The molecule has 5 heteroatoms. The molecule has 3 unspecified atom stereocenters. The van der Waals surface area contributed by atoms with E-state index in [-0.39, 0.29) is 42.6 Å². The minimum absolute atomic E-state index is 0.0140. The molecule has 0 radical (unpaired) electrons. The minimum atomic E-state index is -0.339. The van der Waals surface area contributed by atoms with Crippen LogP contribution in [0.1, 0.15) is 31.7 Å². The van der Waals surface area contributed by atoms with Crippen LogP contribution in [0.5, 0.6) is 0 Å². The Balaban J connectivity index is 1.72. The van der Waals surface area contributed by atoms with Gasteiger partial charge < -0.3 is 9.47 Å². The second kappa shape index (κ2) is 6.71. The van der Waals surface area contributed by atoms with Crippen molar-refractivity contribution in [3.05, 3.63) is 35.9 Å². The molecule has 3 rings (SSSR count). The van der Waals surface area contributed by atoms with Crippen LogP contribution in [-0.4, -0.2) is 42.1 Å². The first kappa shape index (κ1) is 16.0. The van der Waals surface area contributed by atoms with E-state index >= 15 is 0 Å². The third-order valence-corrected chi connectivity index (χ3v) is 5.09. The summed E-state index contributed by atoms with van der Waals surface area (Å²) in [5.74, 6) is 0.0551. The Morgan fingerprint density at radius 2 is 1.91 bits per heavy atom. The number of carbonyl (C=O) groups is 2. The molecule has 5 nitrogen and oxygen atoms in total. The molecule has 0 aromatic heterocycles. The lowest BCUT2D eigenvalue weighted by Crippen LogP contribution is -2.52. The molecule has 4 atom stereocenters. The van der Waals surface area contributed by atoms with Crippen molar-refractivity contribution >= 4 is 11.9 Å². The zero-order valence-electron chi connectivity index (χ0n) is 13.6. The van der Waals surface area contributed by atoms with E-state index in [1.807, 2.05) is 30.3 Å². The van der Waals surface area contributed by atoms with Crippen molar-refractivity contribution in [2.45, 2.75) is 51.0 Å². The van der Waals surface area contributed by atoms with Crippen LogP contribution in [0.15, 0.2) is 30.3 Å². The highest BCUT2D eigenvalue weighted by molar-refractivity contribution is 5.81. The lowest BCUT2D eigenvalue weighted by atomic mass is 9.94. The van der Waals surface area contributed by atoms with E-state index in [1.54, 1.807) is 18.9 Å². The highest BCUT2D eigenvalue weighted by Crippen LogP contribution is 2.41. The maximum absolute atomic E-state index is 12.6. The molecule has 0 N–H and O–H groups in total. The first-order chi connectivity index (χ1) is 11.1. The van der Waals surface area contributed by atoms with Gasteiger partial charge in [0.1, 0.15) is 12.4 Å². The quantitative estimate of drug-likeness (QED) is 0.857. The van der Waals surface area contributed by atoms with Crippen molar-refractivity contribution in [1.29, 1.82) is 0 Å². The number of hydrogen-bond donors (Lipinski definition) is 0. The molecule has 0 spiro atoms. The van der Waals surface area contributed by atoms with Crippen LogP contribution < -0.4 is 0 Å². The Morgan fingerprint density at radius 3 is 2.57 bits per heavy atom. The smallest absolute Gasteiger partial charge is 0.410 e. The molecule has 2 heterocycles. The van der Waals surface area contributed by atoms with Crippen LogP contribution in [-0.2, 0) is 20.9 Å². The third kappa shape index (κ3) is 3.11. The van der Waals surface area contributed by atoms with E-state index < -0.39 is 0 Å². The fourth-order valence-electron chi connectivity index (χ4n) is 3.95. The predicted molar refractivity (Wildman–Crippen MR) is 84.9 cm³/mol. The Bertz CT molecular complexity index is 574. The highest BCUT2D eigenvalue weighted by atomic mass is 16.6. The first-order valence-corrected chi connectivity index (χ1v) is 8.14. The van der Waals surface area contributed by atoms with Crippen LogP contribution >= 0.6 is 0 Å². The van der Waals surface area contributed by atoms with Gasteiger partial charge >= 0.3 is 6.09 Å².